The third-order valence-corrected chi connectivity index (χ3v) is 4.72. The summed E-state index contributed by atoms with van der Waals surface area (Å²) in [6.45, 7) is 9.45. The normalized spacial score (nSPS) is 19.8. The van der Waals surface area contributed by atoms with Crippen molar-refractivity contribution in [1.82, 2.24) is 9.78 Å². The molecule has 0 amide bonds. The van der Waals surface area contributed by atoms with E-state index in [9.17, 15) is 0 Å². The van der Waals surface area contributed by atoms with Gasteiger partial charge in [0.25, 0.3) is 0 Å². The van der Waals surface area contributed by atoms with Crippen LogP contribution in [0.15, 0.2) is 12.4 Å². The van der Waals surface area contributed by atoms with Crippen molar-refractivity contribution in [2.75, 3.05) is 6.61 Å². The van der Waals surface area contributed by atoms with Crippen molar-refractivity contribution in [2.24, 2.45) is 0 Å². The Hall–Kier alpha value is -0.845. The first-order chi connectivity index (χ1) is 10.4. The number of aromatic nitrogens is 2. The predicted molar refractivity (Wildman–Crippen MR) is 88.1 cm³/mol. The molecule has 0 saturated carbocycles. The van der Waals surface area contributed by atoms with Crippen LogP contribution < -0.4 is 5.46 Å². The molecule has 1 aromatic heterocycles. The van der Waals surface area contributed by atoms with E-state index in [0.29, 0.717) is 6.61 Å². The van der Waals surface area contributed by atoms with Crippen LogP contribution in [0, 0.1) is 0 Å². The van der Waals surface area contributed by atoms with Gasteiger partial charge < -0.3 is 14.4 Å². The van der Waals surface area contributed by atoms with Crippen molar-refractivity contribution in [3.63, 3.8) is 0 Å². The Morgan fingerprint density at radius 1 is 1.05 bits per heavy atom. The fourth-order valence-electron chi connectivity index (χ4n) is 2.52. The number of aliphatic hydroxyl groups excluding tert-OH is 1. The summed E-state index contributed by atoms with van der Waals surface area (Å²) in [5, 5.41) is 13.2. The van der Waals surface area contributed by atoms with Crippen LogP contribution in [-0.4, -0.2) is 39.8 Å². The Bertz CT molecular complexity index is 458. The third kappa shape index (κ3) is 4.12. The molecule has 0 aromatic carbocycles. The quantitative estimate of drug-likeness (QED) is 0.590. The summed E-state index contributed by atoms with van der Waals surface area (Å²) in [5.41, 5.74) is 0.359. The van der Waals surface area contributed by atoms with Crippen LogP contribution in [0.4, 0.5) is 0 Å². The molecule has 1 N–H and O–H groups in total. The molecule has 2 heterocycles. The minimum absolute atomic E-state index is 0.302. The number of unbranched alkanes of at least 4 members (excludes halogenated alkanes) is 4. The zero-order chi connectivity index (χ0) is 16.2. The first kappa shape index (κ1) is 17.5. The lowest BCUT2D eigenvalue weighted by atomic mass is 9.82. The summed E-state index contributed by atoms with van der Waals surface area (Å²) < 4.78 is 14.0. The van der Waals surface area contributed by atoms with Gasteiger partial charge in [-0.1, -0.05) is 19.3 Å². The molecule has 5 nitrogen and oxygen atoms in total. The van der Waals surface area contributed by atoms with Gasteiger partial charge in [0, 0.05) is 31.0 Å². The molecule has 0 unspecified atom stereocenters. The predicted octanol–water partition coefficient (Wildman–Crippen LogP) is 2.13. The van der Waals surface area contributed by atoms with Crippen molar-refractivity contribution in [3.05, 3.63) is 12.4 Å². The molecular weight excluding hydrogens is 279 g/mol. The van der Waals surface area contributed by atoms with Crippen LogP contribution in [0.1, 0.15) is 59.8 Å². The molecule has 1 saturated heterocycles. The largest absolute Gasteiger partial charge is 0.498 e. The van der Waals surface area contributed by atoms with Crippen molar-refractivity contribution >= 4 is 12.6 Å². The smallest absolute Gasteiger partial charge is 0.399 e. The second-order valence-electron chi connectivity index (χ2n) is 7.12. The second-order valence-corrected chi connectivity index (χ2v) is 7.12. The first-order valence-corrected chi connectivity index (χ1v) is 8.34. The van der Waals surface area contributed by atoms with E-state index >= 15 is 0 Å². The van der Waals surface area contributed by atoms with Gasteiger partial charge in [0.05, 0.1) is 11.2 Å². The van der Waals surface area contributed by atoms with E-state index in [4.69, 9.17) is 14.4 Å². The van der Waals surface area contributed by atoms with Crippen LogP contribution in [0.3, 0.4) is 0 Å². The highest BCUT2D eigenvalue weighted by molar-refractivity contribution is 6.61. The summed E-state index contributed by atoms with van der Waals surface area (Å²) in [4.78, 5) is 0. The molecule has 6 heteroatoms. The van der Waals surface area contributed by atoms with Gasteiger partial charge in [-0.15, -0.1) is 0 Å². The van der Waals surface area contributed by atoms with E-state index in [-0.39, 0.29) is 18.3 Å². The van der Waals surface area contributed by atoms with Crippen molar-refractivity contribution in [2.45, 2.75) is 77.5 Å². The number of aryl methyl sites for hydroxylation is 1. The molecule has 2 rings (SSSR count). The zero-order valence-corrected chi connectivity index (χ0v) is 14.3. The Kier molecular flexibility index (Phi) is 5.69. The maximum Gasteiger partial charge on any atom is 0.498 e. The van der Waals surface area contributed by atoms with E-state index in [1.807, 2.05) is 17.1 Å². The molecular formula is C16H29BN2O3. The van der Waals surface area contributed by atoms with E-state index in [1.165, 1.54) is 12.8 Å². The number of aliphatic hydroxyl groups is 1. The molecule has 0 spiro atoms. The lowest BCUT2D eigenvalue weighted by Crippen LogP contribution is -2.41. The monoisotopic (exact) mass is 308 g/mol. The SMILES string of the molecule is CC1(C)OB(c2cnn(CCCCCCCO)c2)OC1(C)C. The summed E-state index contributed by atoms with van der Waals surface area (Å²) in [6.07, 6.45) is 9.33. The van der Waals surface area contributed by atoms with Gasteiger partial charge in [0.15, 0.2) is 0 Å². The average Bonchev–Trinajstić information content (AvgIpc) is 2.97. The lowest BCUT2D eigenvalue weighted by molar-refractivity contribution is 0.00578. The Balaban J connectivity index is 1.80. The number of nitrogens with zero attached hydrogens (tertiary/aromatic N) is 2. The molecule has 1 aliphatic rings. The topological polar surface area (TPSA) is 56.5 Å². The molecule has 124 valence electrons. The highest BCUT2D eigenvalue weighted by Crippen LogP contribution is 2.36. The van der Waals surface area contributed by atoms with E-state index < -0.39 is 0 Å². The summed E-state index contributed by atoms with van der Waals surface area (Å²) in [6, 6.07) is 0. The van der Waals surface area contributed by atoms with Gasteiger partial charge >= 0.3 is 7.12 Å². The number of hydrogen-bond donors (Lipinski definition) is 1. The van der Waals surface area contributed by atoms with Crippen molar-refractivity contribution < 1.29 is 14.4 Å². The molecule has 0 radical (unpaired) electrons. The Morgan fingerprint density at radius 2 is 1.64 bits per heavy atom. The maximum atomic E-state index is 8.74. The van der Waals surface area contributed by atoms with Gasteiger partial charge in [0.1, 0.15) is 0 Å². The lowest BCUT2D eigenvalue weighted by Gasteiger charge is -2.32. The highest BCUT2D eigenvalue weighted by atomic mass is 16.7. The minimum atomic E-state index is -0.330. The zero-order valence-electron chi connectivity index (χ0n) is 14.3. The molecule has 0 atom stereocenters. The van der Waals surface area contributed by atoms with Crippen LogP contribution >= 0.6 is 0 Å². The maximum absolute atomic E-state index is 8.74. The van der Waals surface area contributed by atoms with Crippen molar-refractivity contribution in [3.8, 4) is 0 Å². The average molecular weight is 308 g/mol. The van der Waals surface area contributed by atoms with Gasteiger partial charge in [-0.3, -0.25) is 4.68 Å². The molecule has 22 heavy (non-hydrogen) atoms. The van der Waals surface area contributed by atoms with E-state index in [0.717, 1.165) is 31.3 Å². The standard InChI is InChI=1S/C16H29BN2O3/c1-15(2)16(3,4)22-17(21-15)14-12-18-19(13-14)10-8-6-5-7-9-11-20/h12-13,20H,5-11H2,1-4H3. The van der Waals surface area contributed by atoms with Gasteiger partial charge in [0.2, 0.25) is 0 Å². The third-order valence-electron chi connectivity index (χ3n) is 4.72. The van der Waals surface area contributed by atoms with E-state index in [2.05, 4.69) is 32.8 Å². The molecule has 1 fully saturated rings. The number of hydrogen-bond acceptors (Lipinski definition) is 4. The van der Waals surface area contributed by atoms with Crippen LogP contribution in [-0.2, 0) is 15.9 Å². The Morgan fingerprint density at radius 3 is 2.27 bits per heavy atom. The molecule has 0 aliphatic carbocycles. The number of rotatable bonds is 8. The van der Waals surface area contributed by atoms with Crippen molar-refractivity contribution in [1.29, 1.82) is 0 Å². The minimum Gasteiger partial charge on any atom is -0.399 e. The van der Waals surface area contributed by atoms with Gasteiger partial charge in [-0.05, 0) is 40.5 Å². The fourth-order valence-corrected chi connectivity index (χ4v) is 2.52. The molecule has 0 bridgehead atoms. The highest BCUT2D eigenvalue weighted by Gasteiger charge is 2.52. The van der Waals surface area contributed by atoms with E-state index in [1.54, 1.807) is 0 Å². The van der Waals surface area contributed by atoms with Gasteiger partial charge in [-0.2, -0.15) is 5.10 Å². The molecule has 1 aromatic rings. The summed E-state index contributed by atoms with van der Waals surface area (Å²) >= 11 is 0. The Labute approximate surface area is 134 Å². The van der Waals surface area contributed by atoms with Crippen LogP contribution in [0.25, 0.3) is 0 Å². The summed E-state index contributed by atoms with van der Waals surface area (Å²) in [7, 11) is -0.330. The second kappa shape index (κ2) is 7.15. The molecule has 1 aliphatic heterocycles. The summed E-state index contributed by atoms with van der Waals surface area (Å²) in [5.74, 6) is 0. The first-order valence-electron chi connectivity index (χ1n) is 8.34. The van der Waals surface area contributed by atoms with Crippen LogP contribution in [0.2, 0.25) is 0 Å². The van der Waals surface area contributed by atoms with Gasteiger partial charge in [-0.25, -0.2) is 0 Å². The fraction of sp³-hybridized carbons (Fsp3) is 0.812. The van der Waals surface area contributed by atoms with Crippen LogP contribution in [0.5, 0.6) is 0 Å².